The molecule has 1 rings (SSSR count). The van der Waals surface area contributed by atoms with Gasteiger partial charge >= 0.3 is 0 Å². The molecule has 0 aliphatic rings. The summed E-state index contributed by atoms with van der Waals surface area (Å²) in [5.41, 5.74) is 0.428. The predicted octanol–water partition coefficient (Wildman–Crippen LogP) is 3.44. The third-order valence-corrected chi connectivity index (χ3v) is 2.64. The van der Waals surface area contributed by atoms with Crippen LogP contribution in [0.25, 0.3) is 0 Å². The molecule has 0 unspecified atom stereocenters. The Bertz CT molecular complexity index is 325. The van der Waals surface area contributed by atoms with Crippen molar-refractivity contribution in [1.29, 1.82) is 0 Å². The van der Waals surface area contributed by atoms with Crippen LogP contribution in [-0.4, -0.2) is 18.8 Å². The lowest BCUT2D eigenvalue weighted by molar-refractivity contribution is -0.0143. The fraction of sp³-hybridized carbons (Fsp3) is 0.538. The van der Waals surface area contributed by atoms with E-state index in [0.29, 0.717) is 18.8 Å². The van der Waals surface area contributed by atoms with E-state index in [1.54, 1.807) is 12.1 Å². The highest BCUT2D eigenvalue weighted by atomic mass is 19.1. The molecule has 2 nitrogen and oxygen atoms in total. The van der Waals surface area contributed by atoms with E-state index in [-0.39, 0.29) is 11.4 Å². The summed E-state index contributed by atoms with van der Waals surface area (Å²) in [5, 5.41) is 3.01. The van der Waals surface area contributed by atoms with Crippen molar-refractivity contribution >= 4 is 5.69 Å². The second-order valence-corrected chi connectivity index (χ2v) is 4.37. The summed E-state index contributed by atoms with van der Waals surface area (Å²) in [7, 11) is 0. The van der Waals surface area contributed by atoms with E-state index in [4.69, 9.17) is 4.74 Å². The van der Waals surface area contributed by atoms with Gasteiger partial charge in [-0.1, -0.05) is 19.1 Å². The minimum Gasteiger partial charge on any atom is -0.380 e. The van der Waals surface area contributed by atoms with Gasteiger partial charge in [-0.3, -0.25) is 0 Å². The van der Waals surface area contributed by atoms with Gasteiger partial charge in [0, 0.05) is 6.54 Å². The van der Waals surface area contributed by atoms with Gasteiger partial charge in [-0.15, -0.1) is 0 Å². The highest BCUT2D eigenvalue weighted by Crippen LogP contribution is 2.14. The Morgan fingerprint density at radius 1 is 1.31 bits per heavy atom. The fourth-order valence-corrected chi connectivity index (χ4v) is 1.22. The highest BCUT2D eigenvalue weighted by molar-refractivity contribution is 5.44. The molecule has 0 saturated heterocycles. The SMILES string of the molecule is CCC(C)(C)OCCNc1ccccc1F. The lowest BCUT2D eigenvalue weighted by Crippen LogP contribution is -2.26. The lowest BCUT2D eigenvalue weighted by atomic mass is 10.1. The molecule has 1 N–H and O–H groups in total. The van der Waals surface area contributed by atoms with Gasteiger partial charge in [-0.25, -0.2) is 4.39 Å². The quantitative estimate of drug-likeness (QED) is 0.749. The van der Waals surface area contributed by atoms with Crippen molar-refractivity contribution < 1.29 is 9.13 Å². The van der Waals surface area contributed by atoms with E-state index in [1.165, 1.54) is 6.07 Å². The Morgan fingerprint density at radius 3 is 2.62 bits per heavy atom. The Balaban J connectivity index is 2.29. The first kappa shape index (κ1) is 13.0. The molecule has 0 fully saturated rings. The van der Waals surface area contributed by atoms with E-state index in [1.807, 2.05) is 6.07 Å². The maximum absolute atomic E-state index is 13.2. The largest absolute Gasteiger partial charge is 0.380 e. The van der Waals surface area contributed by atoms with Crippen molar-refractivity contribution in [2.45, 2.75) is 32.8 Å². The van der Waals surface area contributed by atoms with E-state index in [0.717, 1.165) is 6.42 Å². The zero-order chi connectivity index (χ0) is 12.0. The normalized spacial score (nSPS) is 11.5. The molecule has 0 radical (unpaired) electrons. The molecule has 90 valence electrons. The number of hydrogen-bond donors (Lipinski definition) is 1. The maximum Gasteiger partial charge on any atom is 0.146 e. The Morgan fingerprint density at radius 2 is 2.00 bits per heavy atom. The van der Waals surface area contributed by atoms with Crippen LogP contribution in [0, 0.1) is 5.82 Å². The molecule has 16 heavy (non-hydrogen) atoms. The standard InChI is InChI=1S/C13H20FNO/c1-4-13(2,3)16-10-9-15-12-8-6-5-7-11(12)14/h5-8,15H,4,9-10H2,1-3H3. The number of anilines is 1. The number of hydrogen-bond acceptors (Lipinski definition) is 2. The molecule has 0 atom stereocenters. The Kier molecular flexibility index (Phi) is 4.74. The molecule has 0 aromatic heterocycles. The van der Waals surface area contributed by atoms with Crippen molar-refractivity contribution in [3.05, 3.63) is 30.1 Å². The number of benzene rings is 1. The highest BCUT2D eigenvalue weighted by Gasteiger charge is 2.14. The molecule has 1 aromatic rings. The summed E-state index contributed by atoms with van der Waals surface area (Å²) in [6.07, 6.45) is 0.965. The van der Waals surface area contributed by atoms with E-state index >= 15 is 0 Å². The molecule has 0 amide bonds. The van der Waals surface area contributed by atoms with E-state index in [9.17, 15) is 4.39 Å². The smallest absolute Gasteiger partial charge is 0.146 e. The van der Waals surface area contributed by atoms with Gasteiger partial charge in [-0.05, 0) is 32.4 Å². The summed E-state index contributed by atoms with van der Waals surface area (Å²) >= 11 is 0. The molecule has 0 aliphatic carbocycles. The summed E-state index contributed by atoms with van der Waals surface area (Å²) in [5.74, 6) is -0.225. The fourth-order valence-electron chi connectivity index (χ4n) is 1.22. The molecular formula is C13H20FNO. The first-order valence-corrected chi connectivity index (χ1v) is 5.67. The van der Waals surface area contributed by atoms with Crippen molar-refractivity contribution in [3.63, 3.8) is 0 Å². The van der Waals surface area contributed by atoms with Crippen LogP contribution in [0.1, 0.15) is 27.2 Å². The zero-order valence-corrected chi connectivity index (χ0v) is 10.2. The summed E-state index contributed by atoms with van der Waals surface area (Å²) in [4.78, 5) is 0. The first-order valence-electron chi connectivity index (χ1n) is 5.67. The van der Waals surface area contributed by atoms with Crippen LogP contribution in [0.3, 0.4) is 0 Å². The predicted molar refractivity (Wildman–Crippen MR) is 65.2 cm³/mol. The molecule has 1 aromatic carbocycles. The summed E-state index contributed by atoms with van der Waals surface area (Å²) in [6.45, 7) is 7.38. The second kappa shape index (κ2) is 5.85. The topological polar surface area (TPSA) is 21.3 Å². The summed E-state index contributed by atoms with van der Waals surface area (Å²) in [6, 6.07) is 6.65. The van der Waals surface area contributed by atoms with E-state index in [2.05, 4.69) is 26.1 Å². The number of ether oxygens (including phenoxy) is 1. The van der Waals surface area contributed by atoms with Crippen LogP contribution in [0.2, 0.25) is 0 Å². The number of nitrogens with one attached hydrogen (secondary N) is 1. The molecule has 0 spiro atoms. The van der Waals surface area contributed by atoms with Gasteiger partial charge in [0.1, 0.15) is 5.82 Å². The molecule has 0 heterocycles. The second-order valence-electron chi connectivity index (χ2n) is 4.37. The van der Waals surface area contributed by atoms with Crippen molar-refractivity contribution in [3.8, 4) is 0 Å². The lowest BCUT2D eigenvalue weighted by Gasteiger charge is -2.23. The molecular weight excluding hydrogens is 205 g/mol. The monoisotopic (exact) mass is 225 g/mol. The molecule has 0 saturated carbocycles. The molecule has 3 heteroatoms. The van der Waals surface area contributed by atoms with Gasteiger partial charge in [0.2, 0.25) is 0 Å². The minimum absolute atomic E-state index is 0.100. The first-order chi connectivity index (χ1) is 7.55. The van der Waals surface area contributed by atoms with Crippen LogP contribution in [-0.2, 0) is 4.74 Å². The van der Waals surface area contributed by atoms with Gasteiger partial charge < -0.3 is 10.1 Å². The third-order valence-electron chi connectivity index (χ3n) is 2.64. The van der Waals surface area contributed by atoms with Crippen LogP contribution in [0.4, 0.5) is 10.1 Å². The third kappa shape index (κ3) is 4.19. The van der Waals surface area contributed by atoms with Gasteiger partial charge in [0.05, 0.1) is 17.9 Å². The van der Waals surface area contributed by atoms with Crippen LogP contribution < -0.4 is 5.32 Å². The molecule has 0 aliphatic heterocycles. The van der Waals surface area contributed by atoms with Crippen molar-refractivity contribution in [1.82, 2.24) is 0 Å². The number of rotatable bonds is 6. The number of para-hydroxylation sites is 1. The van der Waals surface area contributed by atoms with Crippen LogP contribution in [0.15, 0.2) is 24.3 Å². The zero-order valence-electron chi connectivity index (χ0n) is 10.2. The average Bonchev–Trinajstić information content (AvgIpc) is 2.27. The van der Waals surface area contributed by atoms with Gasteiger partial charge in [-0.2, -0.15) is 0 Å². The average molecular weight is 225 g/mol. The Hall–Kier alpha value is -1.09. The van der Waals surface area contributed by atoms with Crippen LogP contribution in [0.5, 0.6) is 0 Å². The maximum atomic E-state index is 13.2. The van der Waals surface area contributed by atoms with Crippen LogP contribution >= 0.6 is 0 Å². The van der Waals surface area contributed by atoms with Gasteiger partial charge in [0.25, 0.3) is 0 Å². The van der Waals surface area contributed by atoms with Gasteiger partial charge in [0.15, 0.2) is 0 Å². The van der Waals surface area contributed by atoms with Crippen molar-refractivity contribution in [2.75, 3.05) is 18.5 Å². The number of halogens is 1. The molecule has 0 bridgehead atoms. The summed E-state index contributed by atoms with van der Waals surface area (Å²) < 4.78 is 18.9. The van der Waals surface area contributed by atoms with Crippen molar-refractivity contribution in [2.24, 2.45) is 0 Å². The minimum atomic E-state index is -0.225. The van der Waals surface area contributed by atoms with E-state index < -0.39 is 0 Å². The Labute approximate surface area is 96.8 Å².